The predicted molar refractivity (Wildman–Crippen MR) is 93.9 cm³/mol. The highest BCUT2D eigenvalue weighted by Crippen LogP contribution is 2.27. The summed E-state index contributed by atoms with van der Waals surface area (Å²) in [5.41, 5.74) is 2.62. The summed E-state index contributed by atoms with van der Waals surface area (Å²) in [5.74, 6) is -0.642. The third-order valence-electron chi connectivity index (χ3n) is 4.09. The second kappa shape index (κ2) is 7.38. The molecule has 0 aliphatic rings. The molecule has 0 bridgehead atoms. The Hall–Kier alpha value is -3.16. The first kappa shape index (κ1) is 17.7. The maximum atomic E-state index is 13.8. The van der Waals surface area contributed by atoms with Gasteiger partial charge >= 0.3 is 0 Å². The molecule has 8 heteroatoms. The van der Waals surface area contributed by atoms with E-state index in [-0.39, 0.29) is 18.0 Å². The van der Waals surface area contributed by atoms with Crippen molar-refractivity contribution in [2.45, 2.75) is 20.0 Å². The van der Waals surface area contributed by atoms with Gasteiger partial charge in [-0.15, -0.1) is 0 Å². The quantitative estimate of drug-likeness (QED) is 0.733. The van der Waals surface area contributed by atoms with Gasteiger partial charge in [0.05, 0.1) is 37.1 Å². The molecule has 136 valence electrons. The SMILES string of the molecule is CCn1cnc2ccc(OC)c(CNC(=O)c3cnc(OC)c(F)c3)c21. The summed E-state index contributed by atoms with van der Waals surface area (Å²) >= 11 is 0. The molecule has 1 amide bonds. The van der Waals surface area contributed by atoms with Gasteiger partial charge < -0.3 is 19.4 Å². The van der Waals surface area contributed by atoms with E-state index in [2.05, 4.69) is 15.3 Å². The number of ether oxygens (including phenoxy) is 2. The number of rotatable bonds is 6. The molecule has 2 aromatic heterocycles. The van der Waals surface area contributed by atoms with E-state index in [9.17, 15) is 9.18 Å². The normalized spacial score (nSPS) is 10.8. The fraction of sp³-hybridized carbons (Fsp3) is 0.278. The smallest absolute Gasteiger partial charge is 0.253 e. The molecule has 3 rings (SSSR count). The molecule has 0 saturated carbocycles. The number of hydrogen-bond acceptors (Lipinski definition) is 5. The largest absolute Gasteiger partial charge is 0.496 e. The number of imidazole rings is 1. The van der Waals surface area contributed by atoms with E-state index < -0.39 is 11.7 Å². The predicted octanol–water partition coefficient (Wildman–Crippen LogP) is 2.54. The van der Waals surface area contributed by atoms with Crippen LogP contribution in [0.4, 0.5) is 4.39 Å². The Kier molecular flexibility index (Phi) is 5.01. The lowest BCUT2D eigenvalue weighted by Gasteiger charge is -2.13. The van der Waals surface area contributed by atoms with Gasteiger partial charge in [0, 0.05) is 24.8 Å². The van der Waals surface area contributed by atoms with Crippen molar-refractivity contribution in [3.8, 4) is 11.6 Å². The summed E-state index contributed by atoms with van der Waals surface area (Å²) in [4.78, 5) is 20.5. The van der Waals surface area contributed by atoms with Crippen molar-refractivity contribution in [1.29, 1.82) is 0 Å². The van der Waals surface area contributed by atoms with Gasteiger partial charge in [-0.25, -0.2) is 14.4 Å². The van der Waals surface area contributed by atoms with Gasteiger partial charge in [-0.2, -0.15) is 0 Å². The zero-order valence-electron chi connectivity index (χ0n) is 14.7. The van der Waals surface area contributed by atoms with Crippen LogP contribution in [0.5, 0.6) is 11.6 Å². The van der Waals surface area contributed by atoms with E-state index in [0.29, 0.717) is 5.75 Å². The molecule has 1 N–H and O–H groups in total. The van der Waals surface area contributed by atoms with Gasteiger partial charge in [0.1, 0.15) is 5.75 Å². The number of amides is 1. The first-order valence-electron chi connectivity index (χ1n) is 8.07. The van der Waals surface area contributed by atoms with Crippen molar-refractivity contribution >= 4 is 16.9 Å². The maximum absolute atomic E-state index is 13.8. The number of aryl methyl sites for hydroxylation is 1. The third-order valence-corrected chi connectivity index (χ3v) is 4.09. The molecule has 0 aliphatic carbocycles. The highest BCUT2D eigenvalue weighted by molar-refractivity contribution is 5.94. The van der Waals surface area contributed by atoms with Crippen LogP contribution in [-0.2, 0) is 13.1 Å². The van der Waals surface area contributed by atoms with Gasteiger partial charge in [0.2, 0.25) is 5.88 Å². The van der Waals surface area contributed by atoms with Gasteiger partial charge in [-0.05, 0) is 25.1 Å². The van der Waals surface area contributed by atoms with Crippen LogP contribution in [0.3, 0.4) is 0 Å². The summed E-state index contributed by atoms with van der Waals surface area (Å²) in [6.45, 7) is 2.95. The van der Waals surface area contributed by atoms with E-state index in [1.165, 1.54) is 13.3 Å². The number of carbonyl (C=O) groups is 1. The van der Waals surface area contributed by atoms with Crippen molar-refractivity contribution in [2.24, 2.45) is 0 Å². The van der Waals surface area contributed by atoms with Gasteiger partial charge in [-0.3, -0.25) is 4.79 Å². The summed E-state index contributed by atoms with van der Waals surface area (Å²) in [5, 5.41) is 2.78. The molecule has 7 nitrogen and oxygen atoms in total. The minimum Gasteiger partial charge on any atom is -0.496 e. The fourth-order valence-corrected chi connectivity index (χ4v) is 2.79. The van der Waals surface area contributed by atoms with Crippen molar-refractivity contribution < 1.29 is 18.7 Å². The Labute approximate surface area is 149 Å². The molecule has 26 heavy (non-hydrogen) atoms. The van der Waals surface area contributed by atoms with E-state index in [1.54, 1.807) is 13.4 Å². The van der Waals surface area contributed by atoms with Crippen LogP contribution in [-0.4, -0.2) is 34.7 Å². The molecule has 3 aromatic rings. The van der Waals surface area contributed by atoms with Crippen molar-refractivity contribution in [2.75, 3.05) is 14.2 Å². The third kappa shape index (κ3) is 3.17. The number of fused-ring (bicyclic) bond motifs is 1. The number of nitrogens with zero attached hydrogens (tertiary/aromatic N) is 3. The average molecular weight is 358 g/mol. The lowest BCUT2D eigenvalue weighted by molar-refractivity contribution is 0.0950. The number of carbonyl (C=O) groups excluding carboxylic acids is 1. The van der Waals surface area contributed by atoms with Crippen LogP contribution in [0.25, 0.3) is 11.0 Å². The summed E-state index contributed by atoms with van der Waals surface area (Å²) < 4.78 is 25.9. The van der Waals surface area contributed by atoms with Gasteiger partial charge in [0.25, 0.3) is 5.91 Å². The fourth-order valence-electron chi connectivity index (χ4n) is 2.79. The number of hydrogen-bond donors (Lipinski definition) is 1. The first-order chi connectivity index (χ1) is 12.6. The van der Waals surface area contributed by atoms with E-state index in [4.69, 9.17) is 9.47 Å². The van der Waals surface area contributed by atoms with Crippen molar-refractivity contribution in [3.63, 3.8) is 0 Å². The Morgan fingerprint density at radius 3 is 2.73 bits per heavy atom. The number of benzene rings is 1. The summed E-state index contributed by atoms with van der Waals surface area (Å²) in [6, 6.07) is 4.77. The zero-order chi connectivity index (χ0) is 18.7. The van der Waals surface area contributed by atoms with Crippen LogP contribution in [0.1, 0.15) is 22.8 Å². The van der Waals surface area contributed by atoms with Gasteiger partial charge in [-0.1, -0.05) is 0 Å². The molecule has 0 atom stereocenters. The van der Waals surface area contributed by atoms with E-state index >= 15 is 0 Å². The minimum atomic E-state index is -0.691. The molecule has 0 spiro atoms. The molecule has 2 heterocycles. The van der Waals surface area contributed by atoms with Gasteiger partial charge in [0.15, 0.2) is 5.82 Å². The Morgan fingerprint density at radius 1 is 1.27 bits per heavy atom. The highest BCUT2D eigenvalue weighted by atomic mass is 19.1. The van der Waals surface area contributed by atoms with E-state index in [1.807, 2.05) is 23.6 Å². The number of nitrogens with one attached hydrogen (secondary N) is 1. The highest BCUT2D eigenvalue weighted by Gasteiger charge is 2.16. The minimum absolute atomic E-state index is 0.110. The van der Waals surface area contributed by atoms with Crippen molar-refractivity contribution in [3.05, 3.63) is 47.7 Å². The maximum Gasteiger partial charge on any atom is 0.253 e. The lowest BCUT2D eigenvalue weighted by Crippen LogP contribution is -2.24. The van der Waals surface area contributed by atoms with Crippen LogP contribution in [0.15, 0.2) is 30.7 Å². The molecule has 1 aromatic carbocycles. The number of halogens is 1. The number of pyridine rings is 1. The first-order valence-corrected chi connectivity index (χ1v) is 8.07. The second-order valence-electron chi connectivity index (χ2n) is 5.54. The number of aromatic nitrogens is 3. The van der Waals surface area contributed by atoms with Crippen LogP contribution in [0, 0.1) is 5.82 Å². The average Bonchev–Trinajstić information content (AvgIpc) is 3.09. The molecule has 0 unspecified atom stereocenters. The summed E-state index contributed by atoms with van der Waals surface area (Å²) in [6.07, 6.45) is 3.02. The lowest BCUT2D eigenvalue weighted by atomic mass is 10.1. The Bertz CT molecular complexity index is 955. The molecule has 0 fully saturated rings. The van der Waals surface area contributed by atoms with Crippen molar-refractivity contribution in [1.82, 2.24) is 19.9 Å². The summed E-state index contributed by atoms with van der Waals surface area (Å²) in [7, 11) is 2.89. The molecular formula is C18H19FN4O3. The topological polar surface area (TPSA) is 78.3 Å². The van der Waals surface area contributed by atoms with Crippen LogP contribution in [0.2, 0.25) is 0 Å². The Morgan fingerprint density at radius 2 is 2.08 bits per heavy atom. The molecule has 0 aliphatic heterocycles. The van der Waals surface area contributed by atoms with E-state index in [0.717, 1.165) is 29.2 Å². The zero-order valence-corrected chi connectivity index (χ0v) is 14.7. The molecular weight excluding hydrogens is 339 g/mol. The molecule has 0 radical (unpaired) electrons. The Balaban J connectivity index is 1.88. The molecule has 0 saturated heterocycles. The monoisotopic (exact) mass is 358 g/mol. The van der Waals surface area contributed by atoms with Crippen LogP contribution < -0.4 is 14.8 Å². The van der Waals surface area contributed by atoms with Crippen LogP contribution >= 0.6 is 0 Å². The second-order valence-corrected chi connectivity index (χ2v) is 5.54. The number of methoxy groups -OCH3 is 2. The standard InChI is InChI=1S/C18H19FN4O3/c1-4-23-10-22-14-5-6-15(25-2)12(16(14)23)9-20-17(24)11-7-13(19)18(26-3)21-8-11/h5-8,10H,4,9H2,1-3H3,(H,20,24).